The molecule has 1 saturated carbocycles. The van der Waals surface area contributed by atoms with Crippen LogP contribution in [0.5, 0.6) is 0 Å². The molecule has 19 heavy (non-hydrogen) atoms. The summed E-state index contributed by atoms with van der Waals surface area (Å²) < 4.78 is 0. The summed E-state index contributed by atoms with van der Waals surface area (Å²) in [6.07, 6.45) is 5.34. The summed E-state index contributed by atoms with van der Waals surface area (Å²) in [5.41, 5.74) is -1.93. The Morgan fingerprint density at radius 2 is 1.84 bits per heavy atom. The number of aliphatic carboxylic acids is 1. The van der Waals surface area contributed by atoms with E-state index in [9.17, 15) is 14.7 Å². The zero-order valence-corrected chi connectivity index (χ0v) is 11.6. The summed E-state index contributed by atoms with van der Waals surface area (Å²) in [6, 6.07) is -0.265. The maximum Gasteiger partial charge on any atom is 0.337 e. The van der Waals surface area contributed by atoms with Crippen LogP contribution in [0, 0.1) is 5.92 Å². The molecule has 0 aromatic heterocycles. The quantitative estimate of drug-likeness (QED) is 0.602. The van der Waals surface area contributed by atoms with Crippen LogP contribution < -0.4 is 10.6 Å². The van der Waals surface area contributed by atoms with E-state index in [4.69, 9.17) is 5.11 Å². The summed E-state index contributed by atoms with van der Waals surface area (Å²) in [7, 11) is 0. The lowest BCUT2D eigenvalue weighted by Gasteiger charge is -2.28. The number of hydrogen-bond donors (Lipinski definition) is 4. The van der Waals surface area contributed by atoms with Crippen LogP contribution in [0.25, 0.3) is 0 Å². The Morgan fingerprint density at radius 3 is 2.32 bits per heavy atom. The smallest absolute Gasteiger partial charge is 0.337 e. The number of urea groups is 1. The molecule has 110 valence electrons. The molecule has 1 unspecified atom stereocenters. The van der Waals surface area contributed by atoms with Crippen LogP contribution in [0.4, 0.5) is 4.79 Å². The monoisotopic (exact) mass is 272 g/mol. The molecule has 0 heterocycles. The first kappa shape index (κ1) is 15.8. The minimum Gasteiger partial charge on any atom is -0.479 e. The fourth-order valence-electron chi connectivity index (χ4n) is 2.28. The van der Waals surface area contributed by atoms with Crippen molar-refractivity contribution >= 4 is 12.0 Å². The Kier molecular flexibility index (Phi) is 5.60. The molecule has 0 aromatic rings. The van der Waals surface area contributed by atoms with E-state index >= 15 is 0 Å². The third kappa shape index (κ3) is 5.06. The van der Waals surface area contributed by atoms with E-state index in [1.165, 1.54) is 6.42 Å². The van der Waals surface area contributed by atoms with E-state index in [2.05, 4.69) is 17.6 Å². The lowest BCUT2D eigenvalue weighted by Crippen LogP contribution is -2.51. The van der Waals surface area contributed by atoms with Gasteiger partial charge >= 0.3 is 12.0 Å². The maximum atomic E-state index is 11.6. The average Bonchev–Trinajstić information content (AvgIpc) is 2.37. The van der Waals surface area contributed by atoms with Crippen molar-refractivity contribution < 1.29 is 19.8 Å². The van der Waals surface area contributed by atoms with Gasteiger partial charge in [-0.15, -0.1) is 0 Å². The zero-order chi connectivity index (χ0) is 14.5. The van der Waals surface area contributed by atoms with Gasteiger partial charge in [0.15, 0.2) is 5.60 Å². The topological polar surface area (TPSA) is 98.7 Å². The second kappa shape index (κ2) is 6.75. The number of carbonyl (C=O) groups is 2. The Bertz CT molecular complexity index is 323. The second-order valence-electron chi connectivity index (χ2n) is 5.53. The van der Waals surface area contributed by atoms with Gasteiger partial charge in [0.1, 0.15) is 0 Å². The average molecular weight is 272 g/mol. The SMILES string of the molecule is CCC1CCC(NC(=O)NCC(C)(O)C(=O)O)CC1. The van der Waals surface area contributed by atoms with E-state index in [-0.39, 0.29) is 12.6 Å². The highest BCUT2D eigenvalue weighted by molar-refractivity contribution is 5.79. The van der Waals surface area contributed by atoms with E-state index in [1.54, 1.807) is 0 Å². The van der Waals surface area contributed by atoms with Gasteiger partial charge in [0, 0.05) is 6.04 Å². The largest absolute Gasteiger partial charge is 0.479 e. The van der Waals surface area contributed by atoms with Gasteiger partial charge in [0.2, 0.25) is 0 Å². The molecule has 1 atom stereocenters. The number of nitrogens with one attached hydrogen (secondary N) is 2. The van der Waals surface area contributed by atoms with Gasteiger partial charge in [-0.25, -0.2) is 9.59 Å². The first-order valence-electron chi connectivity index (χ1n) is 6.85. The molecule has 2 amide bonds. The Morgan fingerprint density at radius 1 is 1.26 bits per heavy atom. The van der Waals surface area contributed by atoms with Gasteiger partial charge < -0.3 is 20.8 Å². The lowest BCUT2D eigenvalue weighted by atomic mass is 9.85. The summed E-state index contributed by atoms with van der Waals surface area (Å²) in [4.78, 5) is 22.3. The Hall–Kier alpha value is -1.30. The molecule has 0 bridgehead atoms. The van der Waals surface area contributed by atoms with Crippen molar-refractivity contribution in [3.63, 3.8) is 0 Å². The molecule has 0 saturated heterocycles. The molecule has 1 aliphatic rings. The summed E-state index contributed by atoms with van der Waals surface area (Å²) in [5, 5.41) is 23.4. The number of amides is 2. The number of carboxylic acid groups (broad SMARTS) is 1. The van der Waals surface area contributed by atoms with Gasteiger partial charge in [-0.05, 0) is 38.5 Å². The summed E-state index contributed by atoms with van der Waals surface area (Å²) in [6.45, 7) is 3.03. The first-order valence-corrected chi connectivity index (χ1v) is 6.85. The van der Waals surface area contributed by atoms with Crippen molar-refractivity contribution in [1.29, 1.82) is 0 Å². The van der Waals surface area contributed by atoms with Gasteiger partial charge in [-0.1, -0.05) is 13.3 Å². The Balaban J connectivity index is 2.27. The van der Waals surface area contributed by atoms with E-state index in [1.807, 2.05) is 0 Å². The lowest BCUT2D eigenvalue weighted by molar-refractivity contribution is -0.155. The molecule has 1 rings (SSSR count). The highest BCUT2D eigenvalue weighted by atomic mass is 16.4. The number of hydrogen-bond acceptors (Lipinski definition) is 3. The Labute approximate surface area is 113 Å². The van der Waals surface area contributed by atoms with Crippen LogP contribution in [-0.4, -0.2) is 40.4 Å². The summed E-state index contributed by atoms with van der Waals surface area (Å²) in [5.74, 6) is -0.592. The number of rotatable bonds is 5. The van der Waals surface area contributed by atoms with Crippen LogP contribution in [0.3, 0.4) is 0 Å². The zero-order valence-electron chi connectivity index (χ0n) is 11.6. The fraction of sp³-hybridized carbons (Fsp3) is 0.846. The number of carbonyl (C=O) groups excluding carboxylic acids is 1. The predicted molar refractivity (Wildman–Crippen MR) is 70.8 cm³/mol. The third-order valence-electron chi connectivity index (χ3n) is 3.81. The van der Waals surface area contributed by atoms with Crippen molar-refractivity contribution in [2.45, 2.75) is 57.6 Å². The highest BCUT2D eigenvalue weighted by Gasteiger charge is 2.30. The molecular weight excluding hydrogens is 248 g/mol. The van der Waals surface area contributed by atoms with Gasteiger partial charge in [0.25, 0.3) is 0 Å². The number of carboxylic acids is 1. The van der Waals surface area contributed by atoms with Gasteiger partial charge in [-0.3, -0.25) is 0 Å². The predicted octanol–water partition coefficient (Wildman–Crippen LogP) is 1.09. The van der Waals surface area contributed by atoms with E-state index < -0.39 is 17.6 Å². The molecule has 0 aliphatic heterocycles. The van der Waals surface area contributed by atoms with Crippen LogP contribution >= 0.6 is 0 Å². The van der Waals surface area contributed by atoms with Gasteiger partial charge in [0.05, 0.1) is 6.54 Å². The highest BCUT2D eigenvalue weighted by Crippen LogP contribution is 2.26. The minimum atomic E-state index is -1.93. The minimum absolute atomic E-state index is 0.151. The van der Waals surface area contributed by atoms with Crippen molar-refractivity contribution in [2.24, 2.45) is 5.92 Å². The fourth-order valence-corrected chi connectivity index (χ4v) is 2.28. The molecule has 0 spiro atoms. The van der Waals surface area contributed by atoms with Crippen molar-refractivity contribution in [3.8, 4) is 0 Å². The molecule has 6 nitrogen and oxygen atoms in total. The molecule has 6 heteroatoms. The number of aliphatic hydroxyl groups is 1. The first-order chi connectivity index (χ1) is 8.85. The van der Waals surface area contributed by atoms with Crippen LogP contribution in [-0.2, 0) is 4.79 Å². The molecule has 1 aliphatic carbocycles. The van der Waals surface area contributed by atoms with Crippen molar-refractivity contribution in [3.05, 3.63) is 0 Å². The molecular formula is C13H24N2O4. The van der Waals surface area contributed by atoms with Crippen LogP contribution in [0.1, 0.15) is 46.0 Å². The van der Waals surface area contributed by atoms with Crippen molar-refractivity contribution in [2.75, 3.05) is 6.54 Å². The summed E-state index contributed by atoms with van der Waals surface area (Å²) >= 11 is 0. The van der Waals surface area contributed by atoms with Crippen LogP contribution in [0.15, 0.2) is 0 Å². The maximum absolute atomic E-state index is 11.6. The van der Waals surface area contributed by atoms with E-state index in [0.717, 1.165) is 38.5 Å². The molecule has 0 radical (unpaired) electrons. The van der Waals surface area contributed by atoms with Crippen LogP contribution in [0.2, 0.25) is 0 Å². The van der Waals surface area contributed by atoms with Gasteiger partial charge in [-0.2, -0.15) is 0 Å². The molecule has 0 aromatic carbocycles. The molecule has 4 N–H and O–H groups in total. The molecule has 1 fully saturated rings. The van der Waals surface area contributed by atoms with E-state index in [0.29, 0.717) is 0 Å². The van der Waals surface area contributed by atoms with Crippen molar-refractivity contribution in [1.82, 2.24) is 10.6 Å². The second-order valence-corrected chi connectivity index (χ2v) is 5.53. The third-order valence-corrected chi connectivity index (χ3v) is 3.81. The standard InChI is InChI=1S/C13H24N2O4/c1-3-9-4-6-10(7-5-9)15-12(18)14-8-13(2,19)11(16)17/h9-10,19H,3-8H2,1-2H3,(H,16,17)(H2,14,15,18). The normalized spacial score (nSPS) is 26.3.